The van der Waals surface area contributed by atoms with Crippen LogP contribution in [0, 0.1) is 5.82 Å². The third-order valence-electron chi connectivity index (χ3n) is 2.80. The maximum atomic E-state index is 13.3. The molecule has 0 atom stereocenters. The largest absolute Gasteiger partial charge is 0.438 e. The van der Waals surface area contributed by atoms with Crippen LogP contribution in [0.25, 0.3) is 10.9 Å². The maximum Gasteiger partial charge on any atom is 0.241 e. The number of aromatic nitrogens is 2. The Hall–Kier alpha value is -2.25. The molecule has 0 amide bonds. The van der Waals surface area contributed by atoms with E-state index in [4.69, 9.17) is 10.6 Å². The van der Waals surface area contributed by atoms with E-state index in [-0.39, 0.29) is 11.8 Å². The molecule has 0 aliphatic carbocycles. The normalized spacial score (nSPS) is 10.6. The highest BCUT2D eigenvalue weighted by Crippen LogP contribution is 2.30. The molecule has 106 valence electrons. The number of halogens is 2. The number of nitrogens with two attached hydrogens (primary N) is 1. The number of fused-ring (bicyclic) bond motifs is 1. The lowest BCUT2D eigenvalue weighted by atomic mass is 10.2. The van der Waals surface area contributed by atoms with Crippen LogP contribution in [0.15, 0.2) is 46.9 Å². The van der Waals surface area contributed by atoms with Gasteiger partial charge in [0.2, 0.25) is 11.8 Å². The van der Waals surface area contributed by atoms with Crippen molar-refractivity contribution >= 4 is 32.8 Å². The first-order valence-electron chi connectivity index (χ1n) is 6.03. The zero-order valence-electron chi connectivity index (χ0n) is 10.7. The number of rotatable bonds is 3. The smallest absolute Gasteiger partial charge is 0.241 e. The number of nitrogens with zero attached hydrogens (tertiary/aromatic N) is 2. The highest BCUT2D eigenvalue weighted by molar-refractivity contribution is 9.10. The van der Waals surface area contributed by atoms with Crippen molar-refractivity contribution in [3.8, 4) is 11.6 Å². The Morgan fingerprint density at radius 3 is 2.71 bits per heavy atom. The summed E-state index contributed by atoms with van der Waals surface area (Å²) in [6.07, 6.45) is 0. The molecule has 1 heterocycles. The molecule has 5 nitrogen and oxygen atoms in total. The van der Waals surface area contributed by atoms with E-state index < -0.39 is 0 Å². The number of nitrogen functional groups attached to an aromatic ring is 1. The van der Waals surface area contributed by atoms with Crippen molar-refractivity contribution in [2.45, 2.75) is 0 Å². The van der Waals surface area contributed by atoms with Crippen LogP contribution in [-0.2, 0) is 0 Å². The average molecular weight is 349 g/mol. The van der Waals surface area contributed by atoms with Crippen molar-refractivity contribution in [2.75, 3.05) is 5.43 Å². The minimum Gasteiger partial charge on any atom is -0.438 e. The monoisotopic (exact) mass is 348 g/mol. The molecular weight excluding hydrogens is 339 g/mol. The van der Waals surface area contributed by atoms with Gasteiger partial charge in [-0.25, -0.2) is 15.2 Å². The lowest BCUT2D eigenvalue weighted by Gasteiger charge is -2.10. The second kappa shape index (κ2) is 5.63. The van der Waals surface area contributed by atoms with E-state index in [9.17, 15) is 4.39 Å². The number of nitrogens with one attached hydrogen (secondary N) is 1. The third-order valence-corrected chi connectivity index (χ3v) is 3.41. The van der Waals surface area contributed by atoms with Crippen LogP contribution in [0.3, 0.4) is 0 Å². The van der Waals surface area contributed by atoms with Gasteiger partial charge in [-0.15, -0.1) is 0 Å². The molecule has 0 radical (unpaired) electrons. The predicted octanol–water partition coefficient (Wildman–Crippen LogP) is 3.61. The number of hydrogen-bond acceptors (Lipinski definition) is 5. The van der Waals surface area contributed by atoms with Gasteiger partial charge in [0.1, 0.15) is 11.6 Å². The van der Waals surface area contributed by atoms with Gasteiger partial charge in [0.25, 0.3) is 0 Å². The topological polar surface area (TPSA) is 73.1 Å². The van der Waals surface area contributed by atoms with Crippen molar-refractivity contribution < 1.29 is 9.13 Å². The van der Waals surface area contributed by atoms with Gasteiger partial charge in [-0.05, 0) is 46.3 Å². The van der Waals surface area contributed by atoms with Crippen molar-refractivity contribution in [3.05, 3.63) is 52.8 Å². The predicted molar refractivity (Wildman–Crippen MR) is 81.5 cm³/mol. The Morgan fingerprint density at radius 1 is 1.14 bits per heavy atom. The fourth-order valence-electron chi connectivity index (χ4n) is 1.84. The van der Waals surface area contributed by atoms with Gasteiger partial charge >= 0.3 is 0 Å². The minimum atomic E-state index is -0.362. The molecule has 3 N–H and O–H groups in total. The second-order valence-corrected chi connectivity index (χ2v) is 5.05. The molecule has 2 aromatic carbocycles. The fraction of sp³-hybridized carbons (Fsp3) is 0. The van der Waals surface area contributed by atoms with Gasteiger partial charge in [0.15, 0.2) is 0 Å². The lowest BCUT2D eigenvalue weighted by molar-refractivity contribution is 0.466. The third kappa shape index (κ3) is 2.79. The van der Waals surface area contributed by atoms with Crippen LogP contribution in [-0.4, -0.2) is 9.97 Å². The Bertz CT molecular complexity index is 812. The number of hydrazine groups is 1. The molecule has 0 bridgehead atoms. The van der Waals surface area contributed by atoms with E-state index in [1.54, 1.807) is 0 Å². The van der Waals surface area contributed by atoms with Gasteiger partial charge < -0.3 is 4.74 Å². The molecule has 21 heavy (non-hydrogen) atoms. The number of anilines is 1. The Labute approximate surface area is 128 Å². The summed E-state index contributed by atoms with van der Waals surface area (Å²) < 4.78 is 19.3. The van der Waals surface area contributed by atoms with E-state index in [1.165, 1.54) is 18.2 Å². The summed E-state index contributed by atoms with van der Waals surface area (Å²) in [5, 5.41) is 0.733. The highest BCUT2D eigenvalue weighted by Gasteiger charge is 2.10. The van der Waals surface area contributed by atoms with Crippen LogP contribution in [0.5, 0.6) is 11.6 Å². The standard InChI is InChI=1S/C14H10BrFN4O/c15-10-7-8(5-6-11(10)16)21-13-9-3-1-2-4-12(9)18-14(19-13)20-17/h1-7H,17H2,(H,18,19,20). The van der Waals surface area contributed by atoms with Crippen molar-refractivity contribution in [1.82, 2.24) is 9.97 Å². The van der Waals surface area contributed by atoms with E-state index in [1.807, 2.05) is 24.3 Å². The van der Waals surface area contributed by atoms with Gasteiger partial charge in [0, 0.05) is 0 Å². The number of ether oxygens (including phenoxy) is 1. The molecule has 0 aliphatic heterocycles. The molecule has 0 saturated carbocycles. The number of benzene rings is 2. The molecule has 3 rings (SSSR count). The van der Waals surface area contributed by atoms with Crippen LogP contribution >= 0.6 is 15.9 Å². The average Bonchev–Trinajstić information content (AvgIpc) is 2.51. The second-order valence-electron chi connectivity index (χ2n) is 4.19. The molecule has 0 saturated heterocycles. The first-order chi connectivity index (χ1) is 10.2. The van der Waals surface area contributed by atoms with Gasteiger partial charge in [-0.1, -0.05) is 12.1 Å². The Balaban J connectivity index is 2.08. The van der Waals surface area contributed by atoms with Gasteiger partial charge in [-0.3, -0.25) is 5.43 Å². The van der Waals surface area contributed by atoms with Crippen LogP contribution < -0.4 is 16.0 Å². The SMILES string of the molecule is NNc1nc(Oc2ccc(F)c(Br)c2)c2ccccc2n1. The molecule has 0 spiro atoms. The molecule has 1 aromatic heterocycles. The van der Waals surface area contributed by atoms with E-state index >= 15 is 0 Å². The van der Waals surface area contributed by atoms with E-state index in [0.717, 1.165) is 5.39 Å². The summed E-state index contributed by atoms with van der Waals surface area (Å²) >= 11 is 3.12. The zero-order valence-corrected chi connectivity index (χ0v) is 12.3. The summed E-state index contributed by atoms with van der Waals surface area (Å²) in [5.41, 5.74) is 3.09. The van der Waals surface area contributed by atoms with Crippen LogP contribution in [0.2, 0.25) is 0 Å². The quantitative estimate of drug-likeness (QED) is 0.558. The molecule has 0 unspecified atom stereocenters. The molecule has 0 aliphatic rings. The number of para-hydroxylation sites is 1. The van der Waals surface area contributed by atoms with Crippen LogP contribution in [0.4, 0.5) is 10.3 Å². The molecule has 0 fully saturated rings. The first-order valence-corrected chi connectivity index (χ1v) is 6.83. The van der Waals surface area contributed by atoms with Crippen molar-refractivity contribution in [1.29, 1.82) is 0 Å². The summed E-state index contributed by atoms with van der Waals surface area (Å²) in [4.78, 5) is 8.42. The Morgan fingerprint density at radius 2 is 1.95 bits per heavy atom. The lowest BCUT2D eigenvalue weighted by Crippen LogP contribution is -2.11. The Kier molecular flexibility index (Phi) is 3.68. The van der Waals surface area contributed by atoms with Crippen LogP contribution in [0.1, 0.15) is 0 Å². The fourth-order valence-corrected chi connectivity index (χ4v) is 2.20. The molecule has 7 heteroatoms. The summed E-state index contributed by atoms with van der Waals surface area (Å²) in [6.45, 7) is 0. The van der Waals surface area contributed by atoms with Gasteiger partial charge in [0.05, 0.1) is 15.4 Å². The van der Waals surface area contributed by atoms with E-state index in [0.29, 0.717) is 21.6 Å². The maximum absolute atomic E-state index is 13.3. The van der Waals surface area contributed by atoms with Crippen molar-refractivity contribution in [2.24, 2.45) is 5.84 Å². The summed E-state index contributed by atoms with van der Waals surface area (Å²) in [5.74, 6) is 6.03. The highest BCUT2D eigenvalue weighted by atomic mass is 79.9. The summed E-state index contributed by atoms with van der Waals surface area (Å²) in [6, 6.07) is 11.7. The zero-order chi connectivity index (χ0) is 14.8. The molecule has 3 aromatic rings. The molecular formula is C14H10BrFN4O. The first kappa shape index (κ1) is 13.7. The van der Waals surface area contributed by atoms with E-state index in [2.05, 4.69) is 31.3 Å². The minimum absolute atomic E-state index is 0.241. The number of hydrogen-bond donors (Lipinski definition) is 2. The summed E-state index contributed by atoms with van der Waals surface area (Å²) in [7, 11) is 0. The van der Waals surface area contributed by atoms with Crippen molar-refractivity contribution in [3.63, 3.8) is 0 Å². The van der Waals surface area contributed by atoms with Gasteiger partial charge in [-0.2, -0.15) is 4.98 Å².